The number of hydrogen-bond acceptors (Lipinski definition) is 1. The highest BCUT2D eigenvalue weighted by atomic mass is 16.3. The van der Waals surface area contributed by atoms with Crippen molar-refractivity contribution in [1.29, 1.82) is 0 Å². The van der Waals surface area contributed by atoms with E-state index in [0.717, 1.165) is 6.42 Å². The number of allylic oxidation sites excluding steroid dienone is 1. The molecule has 8 rings (SSSR count). The fourth-order valence-corrected chi connectivity index (χ4v) is 8.83. The maximum Gasteiger partial charge on any atom is 0.102 e. The average molecular weight is 409 g/mol. The molecule has 0 fully saturated rings. The molecule has 1 nitrogen and oxygen atoms in total. The van der Waals surface area contributed by atoms with Crippen LogP contribution in [0, 0.1) is 0 Å². The van der Waals surface area contributed by atoms with E-state index in [1.54, 1.807) is 66.8 Å². The second kappa shape index (κ2) is 6.13. The highest BCUT2D eigenvalue weighted by molar-refractivity contribution is 5.83. The fourth-order valence-electron chi connectivity index (χ4n) is 8.83. The van der Waals surface area contributed by atoms with E-state index in [2.05, 4.69) is 0 Å². The van der Waals surface area contributed by atoms with Gasteiger partial charge in [-0.2, -0.15) is 0 Å². The minimum absolute atomic E-state index is 0.334. The monoisotopic (exact) mass is 408 g/mol. The molecule has 0 bridgehead atoms. The third-order valence-corrected chi connectivity index (χ3v) is 9.87. The van der Waals surface area contributed by atoms with Crippen molar-refractivity contribution in [3.8, 4) is 0 Å². The van der Waals surface area contributed by atoms with Crippen LogP contribution in [0.3, 0.4) is 0 Å². The molecule has 2 aromatic rings. The summed E-state index contributed by atoms with van der Waals surface area (Å²) in [5, 5.41) is 11.8. The molecule has 0 spiro atoms. The van der Waals surface area contributed by atoms with Crippen LogP contribution in [0.2, 0.25) is 0 Å². The molecular weight excluding hydrogens is 376 g/mol. The molecule has 0 aliphatic heterocycles. The predicted octanol–water partition coefficient (Wildman–Crippen LogP) is 5.63. The van der Waals surface area contributed by atoms with Gasteiger partial charge in [0.2, 0.25) is 0 Å². The quantitative estimate of drug-likeness (QED) is 0.599. The SMILES string of the molecule is OC1/C(=C2\CCc3c4c(c5c(c32)CCC5)CCC4)Cc2c3c(c4c(c21)CCC4)CCC3. The Kier molecular flexibility index (Phi) is 3.49. The molecule has 31 heavy (non-hydrogen) atoms. The molecule has 6 aliphatic carbocycles. The first kappa shape index (κ1) is 17.7. The van der Waals surface area contributed by atoms with Crippen LogP contribution in [0.25, 0.3) is 5.57 Å². The van der Waals surface area contributed by atoms with Crippen LogP contribution in [0.4, 0.5) is 0 Å². The highest BCUT2D eigenvalue weighted by Crippen LogP contribution is 2.53. The van der Waals surface area contributed by atoms with Gasteiger partial charge >= 0.3 is 0 Å². The molecule has 6 aliphatic rings. The van der Waals surface area contributed by atoms with Crippen LogP contribution in [0.5, 0.6) is 0 Å². The number of aliphatic hydroxyl groups excluding tert-OH is 1. The molecule has 0 amide bonds. The number of aliphatic hydroxyl groups is 1. The Morgan fingerprint density at radius 1 is 0.452 bits per heavy atom. The number of rotatable bonds is 0. The predicted molar refractivity (Wildman–Crippen MR) is 125 cm³/mol. The molecule has 0 heterocycles. The molecule has 2 aromatic carbocycles. The van der Waals surface area contributed by atoms with E-state index >= 15 is 0 Å². The van der Waals surface area contributed by atoms with Gasteiger partial charge in [0.05, 0.1) is 0 Å². The lowest BCUT2D eigenvalue weighted by Gasteiger charge is -2.19. The van der Waals surface area contributed by atoms with Crippen molar-refractivity contribution in [2.24, 2.45) is 0 Å². The summed E-state index contributed by atoms with van der Waals surface area (Å²) in [5.41, 5.74) is 22.8. The number of benzene rings is 2. The van der Waals surface area contributed by atoms with Crippen molar-refractivity contribution < 1.29 is 5.11 Å². The van der Waals surface area contributed by atoms with E-state index in [1.165, 1.54) is 101 Å². The Hall–Kier alpha value is -1.86. The van der Waals surface area contributed by atoms with Crippen LogP contribution >= 0.6 is 0 Å². The summed E-state index contributed by atoms with van der Waals surface area (Å²) in [4.78, 5) is 0. The average Bonchev–Trinajstić information content (AvgIpc) is 3.59. The van der Waals surface area contributed by atoms with Crippen LogP contribution < -0.4 is 0 Å². The molecule has 1 N–H and O–H groups in total. The van der Waals surface area contributed by atoms with E-state index in [-0.39, 0.29) is 6.10 Å². The Morgan fingerprint density at radius 2 is 0.903 bits per heavy atom. The van der Waals surface area contributed by atoms with Crippen molar-refractivity contribution >= 4 is 5.57 Å². The van der Waals surface area contributed by atoms with Crippen molar-refractivity contribution in [2.45, 2.75) is 102 Å². The summed E-state index contributed by atoms with van der Waals surface area (Å²) in [7, 11) is 0. The molecule has 0 saturated carbocycles. The third-order valence-electron chi connectivity index (χ3n) is 9.87. The Balaban J connectivity index is 1.36. The summed E-state index contributed by atoms with van der Waals surface area (Å²) in [6.07, 6.45) is 18.6. The summed E-state index contributed by atoms with van der Waals surface area (Å²) < 4.78 is 0. The van der Waals surface area contributed by atoms with Crippen molar-refractivity contribution in [1.82, 2.24) is 0 Å². The van der Waals surface area contributed by atoms with Gasteiger partial charge < -0.3 is 5.11 Å². The van der Waals surface area contributed by atoms with E-state index in [1.807, 2.05) is 0 Å². The number of fused-ring (bicyclic) bond motifs is 12. The minimum Gasteiger partial charge on any atom is -0.384 e. The van der Waals surface area contributed by atoms with E-state index in [4.69, 9.17) is 0 Å². The molecule has 1 unspecified atom stereocenters. The molecule has 0 radical (unpaired) electrons. The first-order valence-electron chi connectivity index (χ1n) is 13.1. The van der Waals surface area contributed by atoms with E-state index in [9.17, 15) is 5.11 Å². The molecular formula is C30H32O. The second-order valence-electron chi connectivity index (χ2n) is 11.1. The van der Waals surface area contributed by atoms with Gasteiger partial charge in [-0.05, 0) is 174 Å². The topological polar surface area (TPSA) is 20.2 Å². The van der Waals surface area contributed by atoms with Crippen molar-refractivity contribution in [3.05, 3.63) is 72.3 Å². The Bertz CT molecular complexity index is 1200. The maximum absolute atomic E-state index is 11.8. The zero-order valence-corrected chi connectivity index (χ0v) is 18.6. The smallest absolute Gasteiger partial charge is 0.102 e. The Labute approximate surface area is 185 Å². The first-order valence-corrected chi connectivity index (χ1v) is 13.1. The largest absolute Gasteiger partial charge is 0.384 e. The molecule has 0 saturated heterocycles. The lowest BCUT2D eigenvalue weighted by Crippen LogP contribution is -2.05. The zero-order chi connectivity index (χ0) is 20.3. The summed E-state index contributed by atoms with van der Waals surface area (Å²) >= 11 is 0. The van der Waals surface area contributed by atoms with Gasteiger partial charge in [0.15, 0.2) is 0 Å². The third kappa shape index (κ3) is 2.12. The lowest BCUT2D eigenvalue weighted by atomic mass is 9.87. The van der Waals surface area contributed by atoms with Gasteiger partial charge in [-0.1, -0.05) is 0 Å². The van der Waals surface area contributed by atoms with Gasteiger partial charge in [-0.3, -0.25) is 0 Å². The highest BCUT2D eigenvalue weighted by Gasteiger charge is 2.40. The van der Waals surface area contributed by atoms with Gasteiger partial charge in [0, 0.05) is 0 Å². The van der Waals surface area contributed by atoms with Gasteiger partial charge in [0.25, 0.3) is 0 Å². The Morgan fingerprint density at radius 3 is 1.55 bits per heavy atom. The first-order chi connectivity index (χ1) is 15.3. The fraction of sp³-hybridized carbons (Fsp3) is 0.533. The van der Waals surface area contributed by atoms with Crippen molar-refractivity contribution in [3.63, 3.8) is 0 Å². The van der Waals surface area contributed by atoms with Gasteiger partial charge in [-0.25, -0.2) is 0 Å². The molecule has 0 aromatic heterocycles. The molecule has 158 valence electrons. The number of hydrogen-bond donors (Lipinski definition) is 1. The normalized spacial score (nSPS) is 26.8. The van der Waals surface area contributed by atoms with Crippen LogP contribution in [-0.4, -0.2) is 5.11 Å². The van der Waals surface area contributed by atoms with Gasteiger partial charge in [-0.15, -0.1) is 0 Å². The summed E-state index contributed by atoms with van der Waals surface area (Å²) in [5.74, 6) is 0. The van der Waals surface area contributed by atoms with E-state index < -0.39 is 0 Å². The summed E-state index contributed by atoms with van der Waals surface area (Å²) in [6, 6.07) is 0. The standard InChI is InChI=1S/C30H32O/c31-30-27(15-26-21-10-2-6-17(21)19-9-4-12-23(19)29(26)30)25-14-13-24-20-7-1-5-16(20)18-8-3-11-22(18)28(24)25/h30-31H,1-15H2/b27-25+. The van der Waals surface area contributed by atoms with Crippen LogP contribution in [0.1, 0.15) is 105 Å². The van der Waals surface area contributed by atoms with Crippen LogP contribution in [0.15, 0.2) is 5.57 Å². The minimum atomic E-state index is -0.334. The van der Waals surface area contributed by atoms with E-state index in [0.29, 0.717) is 0 Å². The maximum atomic E-state index is 11.8. The summed E-state index contributed by atoms with van der Waals surface area (Å²) in [6.45, 7) is 0. The zero-order valence-electron chi connectivity index (χ0n) is 18.6. The van der Waals surface area contributed by atoms with Crippen molar-refractivity contribution in [2.75, 3.05) is 0 Å². The van der Waals surface area contributed by atoms with Gasteiger partial charge in [0.1, 0.15) is 6.10 Å². The lowest BCUT2D eigenvalue weighted by molar-refractivity contribution is 0.220. The molecule has 1 heteroatoms. The van der Waals surface area contributed by atoms with Crippen LogP contribution in [-0.2, 0) is 64.2 Å². The second-order valence-corrected chi connectivity index (χ2v) is 11.1. The molecule has 1 atom stereocenters.